The number of fused-ring (bicyclic) bond motifs is 1. The summed E-state index contributed by atoms with van der Waals surface area (Å²) in [5, 5.41) is 10.4. The topological polar surface area (TPSA) is 87.8 Å². The molecule has 0 amide bonds. The van der Waals surface area contributed by atoms with Crippen LogP contribution in [0.1, 0.15) is 25.0 Å². The number of benzene rings is 1. The van der Waals surface area contributed by atoms with Crippen molar-refractivity contribution >= 4 is 21.1 Å². The second-order valence-corrected chi connectivity index (χ2v) is 8.59. The van der Waals surface area contributed by atoms with Gasteiger partial charge in [0.25, 0.3) is 0 Å². The molecule has 0 spiro atoms. The van der Waals surface area contributed by atoms with Gasteiger partial charge in [-0.25, -0.2) is 13.4 Å². The van der Waals surface area contributed by atoms with E-state index in [1.807, 2.05) is 24.5 Å². The molecule has 1 aromatic carbocycles. The van der Waals surface area contributed by atoms with Crippen LogP contribution >= 0.6 is 0 Å². The van der Waals surface area contributed by atoms with Crippen molar-refractivity contribution in [2.75, 3.05) is 0 Å². The molecule has 0 aliphatic carbocycles. The van der Waals surface area contributed by atoms with Crippen LogP contribution in [0.3, 0.4) is 0 Å². The Hall–Kier alpha value is -2.90. The number of rotatable bonds is 5. The molecule has 3 rings (SSSR count). The van der Waals surface area contributed by atoms with E-state index in [4.69, 9.17) is 0 Å². The maximum Gasteiger partial charge on any atom is 0.404 e. The van der Waals surface area contributed by atoms with Crippen LogP contribution < -0.4 is 4.72 Å². The molecule has 0 aliphatic heterocycles. The molecule has 0 saturated carbocycles. The molecule has 2 heterocycles. The predicted octanol–water partition coefficient (Wildman–Crippen LogP) is 4.13. The van der Waals surface area contributed by atoms with Gasteiger partial charge in [0.2, 0.25) is 10.0 Å². The fourth-order valence-corrected chi connectivity index (χ4v) is 4.44. The minimum absolute atomic E-state index is 0.297. The van der Waals surface area contributed by atoms with E-state index in [0.717, 1.165) is 12.5 Å². The minimum atomic E-state index is -4.69. The smallest absolute Gasteiger partial charge is 0.324 e. The second-order valence-electron chi connectivity index (χ2n) is 6.87. The van der Waals surface area contributed by atoms with Crippen molar-refractivity contribution in [3.63, 3.8) is 0 Å². The van der Waals surface area contributed by atoms with Gasteiger partial charge in [-0.05, 0) is 50.1 Å². The zero-order valence-electron chi connectivity index (χ0n) is 16.4. The first-order valence-corrected chi connectivity index (χ1v) is 10.6. The Morgan fingerprint density at radius 2 is 1.90 bits per heavy atom. The molecule has 1 N–H and O–H groups in total. The van der Waals surface area contributed by atoms with Crippen molar-refractivity contribution < 1.29 is 21.6 Å². The normalized spacial score (nSPS) is 13.4. The molecule has 158 valence electrons. The van der Waals surface area contributed by atoms with E-state index >= 15 is 0 Å². The number of alkyl halides is 3. The number of hydrogen-bond acceptors (Lipinski definition) is 4. The van der Waals surface area contributed by atoms with Crippen LogP contribution in [0.4, 0.5) is 13.2 Å². The lowest BCUT2D eigenvalue weighted by molar-refractivity contribution is -0.147. The maximum atomic E-state index is 12.7. The number of pyridine rings is 1. The third kappa shape index (κ3) is 3.91. The lowest BCUT2D eigenvalue weighted by Crippen LogP contribution is -2.42. The van der Waals surface area contributed by atoms with Gasteiger partial charge in [0.05, 0.1) is 16.2 Å². The monoisotopic (exact) mass is 436 g/mol. The quantitative estimate of drug-likeness (QED) is 0.651. The standard InChI is InChI=1S/C20H19F3N4O2S/c1-4-27-18(17(10-24)16-9-12(2)11-25-19(16)27)14-5-7-15(8-6-14)30(28,29)26-13(3)20(21,22)23/h5-9,11,13,26H,4H2,1-3H3. The molecule has 0 saturated heterocycles. The highest BCUT2D eigenvalue weighted by Gasteiger charge is 2.38. The van der Waals surface area contributed by atoms with Gasteiger partial charge in [-0.2, -0.15) is 23.2 Å². The van der Waals surface area contributed by atoms with Gasteiger partial charge in [-0.15, -0.1) is 0 Å². The Morgan fingerprint density at radius 1 is 1.27 bits per heavy atom. The van der Waals surface area contributed by atoms with Crippen LogP contribution in [0.2, 0.25) is 0 Å². The summed E-state index contributed by atoms with van der Waals surface area (Å²) in [6, 6.07) is 7.22. The molecular formula is C20H19F3N4O2S. The maximum absolute atomic E-state index is 12.7. The summed E-state index contributed by atoms with van der Waals surface area (Å²) >= 11 is 0. The van der Waals surface area contributed by atoms with E-state index in [9.17, 15) is 26.9 Å². The van der Waals surface area contributed by atoms with Crippen LogP contribution in [-0.2, 0) is 16.6 Å². The van der Waals surface area contributed by atoms with E-state index in [1.54, 1.807) is 10.9 Å². The highest BCUT2D eigenvalue weighted by Crippen LogP contribution is 2.33. The van der Waals surface area contributed by atoms with Crippen molar-refractivity contribution in [1.29, 1.82) is 5.26 Å². The molecule has 0 bridgehead atoms. The first-order valence-electron chi connectivity index (χ1n) is 9.08. The zero-order valence-corrected chi connectivity index (χ0v) is 17.3. The summed E-state index contributed by atoms with van der Waals surface area (Å²) in [6.45, 7) is 5.02. The average Bonchev–Trinajstić information content (AvgIpc) is 2.99. The first kappa shape index (κ1) is 21.8. The van der Waals surface area contributed by atoms with E-state index in [1.165, 1.54) is 24.3 Å². The Kier molecular flexibility index (Phi) is 5.62. The number of nitrogens with zero attached hydrogens (tertiary/aromatic N) is 3. The first-order chi connectivity index (χ1) is 14.0. The lowest BCUT2D eigenvalue weighted by atomic mass is 10.1. The highest BCUT2D eigenvalue weighted by atomic mass is 32.2. The van der Waals surface area contributed by atoms with Crippen molar-refractivity contribution in [2.45, 2.75) is 44.4 Å². The molecular weight excluding hydrogens is 417 g/mol. The van der Waals surface area contributed by atoms with E-state index < -0.39 is 22.2 Å². The number of hydrogen-bond donors (Lipinski definition) is 1. The van der Waals surface area contributed by atoms with Crippen LogP contribution in [-0.4, -0.2) is 30.2 Å². The number of sulfonamides is 1. The van der Waals surface area contributed by atoms with Crippen molar-refractivity contribution in [3.05, 3.63) is 47.7 Å². The van der Waals surface area contributed by atoms with E-state index in [0.29, 0.717) is 34.4 Å². The summed E-state index contributed by atoms with van der Waals surface area (Å²) in [6.07, 6.45) is -3.00. The molecule has 30 heavy (non-hydrogen) atoms. The Bertz CT molecular complexity index is 1240. The third-order valence-corrected chi connectivity index (χ3v) is 6.28. The van der Waals surface area contributed by atoms with Crippen LogP contribution in [0, 0.1) is 18.3 Å². The van der Waals surface area contributed by atoms with E-state index in [-0.39, 0.29) is 4.90 Å². The second kappa shape index (κ2) is 7.74. The Balaban J connectivity index is 2.07. The minimum Gasteiger partial charge on any atom is -0.324 e. The SMILES string of the molecule is CCn1c(-c2ccc(S(=O)(=O)NC(C)C(F)(F)F)cc2)c(C#N)c2cc(C)cnc21. The Morgan fingerprint density at radius 3 is 2.43 bits per heavy atom. The van der Waals surface area contributed by atoms with E-state index in [2.05, 4.69) is 11.1 Å². The highest BCUT2D eigenvalue weighted by molar-refractivity contribution is 7.89. The largest absolute Gasteiger partial charge is 0.404 e. The van der Waals surface area contributed by atoms with Crippen molar-refractivity contribution in [1.82, 2.24) is 14.3 Å². The summed E-state index contributed by atoms with van der Waals surface area (Å²) < 4.78 is 66.2. The van der Waals surface area contributed by atoms with Crippen LogP contribution in [0.25, 0.3) is 22.3 Å². The molecule has 0 fully saturated rings. The van der Waals surface area contributed by atoms with Gasteiger partial charge in [0.1, 0.15) is 17.8 Å². The van der Waals surface area contributed by atoms with Gasteiger partial charge < -0.3 is 4.57 Å². The molecule has 0 aliphatic rings. The van der Waals surface area contributed by atoms with Gasteiger partial charge >= 0.3 is 6.18 Å². The molecule has 1 atom stereocenters. The van der Waals surface area contributed by atoms with Crippen LogP contribution in [0.5, 0.6) is 0 Å². The van der Waals surface area contributed by atoms with Gasteiger partial charge in [0.15, 0.2) is 0 Å². The number of nitrogens with one attached hydrogen (secondary N) is 1. The van der Waals surface area contributed by atoms with Crippen LogP contribution in [0.15, 0.2) is 41.4 Å². The summed E-state index contributed by atoms with van der Waals surface area (Å²) in [5.74, 6) is 0. The predicted molar refractivity (Wildman–Crippen MR) is 106 cm³/mol. The third-order valence-electron chi connectivity index (χ3n) is 4.72. The summed E-state index contributed by atoms with van der Waals surface area (Å²) in [7, 11) is -4.36. The fraction of sp³-hybridized carbons (Fsp3) is 0.300. The fourth-order valence-electron chi connectivity index (χ4n) is 3.21. The molecule has 1 unspecified atom stereocenters. The van der Waals surface area contributed by atoms with Crippen molar-refractivity contribution in [3.8, 4) is 17.3 Å². The van der Waals surface area contributed by atoms with Gasteiger partial charge in [0, 0.05) is 18.1 Å². The van der Waals surface area contributed by atoms with Gasteiger partial charge in [-0.3, -0.25) is 0 Å². The number of aromatic nitrogens is 2. The summed E-state index contributed by atoms with van der Waals surface area (Å²) in [4.78, 5) is 4.12. The lowest BCUT2D eigenvalue weighted by Gasteiger charge is -2.17. The number of nitriles is 1. The zero-order chi connectivity index (χ0) is 22.3. The van der Waals surface area contributed by atoms with Gasteiger partial charge in [-0.1, -0.05) is 12.1 Å². The molecule has 3 aromatic rings. The number of aryl methyl sites for hydroxylation is 2. The average molecular weight is 436 g/mol. The Labute approximate surface area is 172 Å². The number of halogens is 3. The molecule has 6 nitrogen and oxygen atoms in total. The summed E-state index contributed by atoms with van der Waals surface area (Å²) in [5.41, 5.74) is 3.07. The molecule has 0 radical (unpaired) electrons. The van der Waals surface area contributed by atoms with Crippen molar-refractivity contribution in [2.24, 2.45) is 0 Å². The molecule has 10 heteroatoms. The molecule has 2 aromatic heterocycles.